The molecule has 4 rings (SSSR count). The van der Waals surface area contributed by atoms with Crippen molar-refractivity contribution in [1.29, 1.82) is 0 Å². The van der Waals surface area contributed by atoms with Crippen molar-refractivity contribution in [2.24, 2.45) is 5.92 Å². The molecule has 0 bridgehead atoms. The number of aromatic nitrogens is 1. The number of amides is 1. The highest BCUT2D eigenvalue weighted by atomic mass is 19.1. The third-order valence-electron chi connectivity index (χ3n) is 5.66. The number of nitrogens with one attached hydrogen (secondary N) is 1. The lowest BCUT2D eigenvalue weighted by Crippen LogP contribution is -2.39. The van der Waals surface area contributed by atoms with Gasteiger partial charge in [0.2, 0.25) is 5.88 Å². The van der Waals surface area contributed by atoms with Crippen LogP contribution in [0.2, 0.25) is 0 Å². The van der Waals surface area contributed by atoms with E-state index in [-0.39, 0.29) is 42.1 Å². The highest BCUT2D eigenvalue weighted by Gasteiger charge is 2.29. The number of ether oxygens (including phenoxy) is 2. The Hall–Kier alpha value is -3.74. The van der Waals surface area contributed by atoms with E-state index in [2.05, 4.69) is 10.3 Å². The first-order chi connectivity index (χ1) is 16.1. The molecule has 1 fully saturated rings. The first-order valence-corrected chi connectivity index (χ1v) is 11.0. The van der Waals surface area contributed by atoms with E-state index < -0.39 is 0 Å². The molecule has 1 aliphatic carbocycles. The molecule has 2 aromatic carbocycles. The fourth-order valence-corrected chi connectivity index (χ4v) is 3.84. The number of rotatable bonds is 7. The summed E-state index contributed by atoms with van der Waals surface area (Å²) in [5.74, 6) is -0.474. The summed E-state index contributed by atoms with van der Waals surface area (Å²) in [5, 5.41) is 3.02. The molecule has 0 spiro atoms. The van der Waals surface area contributed by atoms with Gasteiger partial charge in [-0.15, -0.1) is 0 Å². The van der Waals surface area contributed by atoms with Crippen LogP contribution < -0.4 is 10.1 Å². The predicted octanol–water partition coefficient (Wildman–Crippen LogP) is 5.05. The van der Waals surface area contributed by atoms with Crippen molar-refractivity contribution in [3.05, 3.63) is 89.9 Å². The van der Waals surface area contributed by atoms with E-state index in [9.17, 15) is 14.0 Å². The van der Waals surface area contributed by atoms with E-state index in [1.54, 1.807) is 12.1 Å². The fraction of sp³-hybridized carbons (Fsp3) is 0.269. The Morgan fingerprint density at radius 3 is 2.39 bits per heavy atom. The van der Waals surface area contributed by atoms with E-state index in [0.29, 0.717) is 37.0 Å². The van der Waals surface area contributed by atoms with E-state index >= 15 is 0 Å². The average Bonchev–Trinajstić information content (AvgIpc) is 2.85. The second-order valence-electron chi connectivity index (χ2n) is 8.03. The molecule has 3 aromatic rings. The van der Waals surface area contributed by atoms with E-state index in [4.69, 9.17) is 9.47 Å². The maximum Gasteiger partial charge on any atom is 0.309 e. The molecule has 7 heteroatoms. The number of esters is 1. The summed E-state index contributed by atoms with van der Waals surface area (Å²) < 4.78 is 24.3. The van der Waals surface area contributed by atoms with Crippen LogP contribution >= 0.6 is 0 Å². The quantitative estimate of drug-likeness (QED) is 0.512. The molecular formula is C26H25FN2O4. The number of nitrogens with zero attached hydrogens (tertiary/aromatic N) is 1. The van der Waals surface area contributed by atoms with Gasteiger partial charge in [-0.25, -0.2) is 9.37 Å². The lowest BCUT2D eigenvalue weighted by molar-refractivity contribution is -0.151. The molecule has 1 aromatic heterocycles. The van der Waals surface area contributed by atoms with Gasteiger partial charge in [-0.3, -0.25) is 9.59 Å². The second-order valence-corrected chi connectivity index (χ2v) is 8.03. The van der Waals surface area contributed by atoms with Gasteiger partial charge in [0.1, 0.15) is 23.7 Å². The first kappa shape index (κ1) is 22.5. The molecule has 33 heavy (non-hydrogen) atoms. The molecule has 1 saturated carbocycles. The minimum atomic E-state index is -0.374. The fourth-order valence-electron chi connectivity index (χ4n) is 3.84. The summed E-state index contributed by atoms with van der Waals surface area (Å²) in [6.45, 7) is 0.272. The third-order valence-corrected chi connectivity index (χ3v) is 5.66. The summed E-state index contributed by atoms with van der Waals surface area (Å²) in [6.07, 6.45) is 4.22. The van der Waals surface area contributed by atoms with Gasteiger partial charge in [-0.05, 0) is 67.6 Å². The summed E-state index contributed by atoms with van der Waals surface area (Å²) in [5.41, 5.74) is 1.26. The van der Waals surface area contributed by atoms with Gasteiger partial charge < -0.3 is 14.8 Å². The van der Waals surface area contributed by atoms with Crippen molar-refractivity contribution >= 4 is 11.9 Å². The lowest BCUT2D eigenvalue weighted by atomic mass is 9.86. The number of hydrogen-bond acceptors (Lipinski definition) is 5. The van der Waals surface area contributed by atoms with Gasteiger partial charge >= 0.3 is 5.97 Å². The topological polar surface area (TPSA) is 77.5 Å². The highest BCUT2D eigenvalue weighted by Crippen LogP contribution is 2.27. The minimum absolute atomic E-state index is 0.0467. The smallest absolute Gasteiger partial charge is 0.309 e. The van der Waals surface area contributed by atoms with Crippen molar-refractivity contribution in [1.82, 2.24) is 10.3 Å². The van der Waals surface area contributed by atoms with Crippen LogP contribution in [0.3, 0.4) is 0 Å². The predicted molar refractivity (Wildman–Crippen MR) is 120 cm³/mol. The molecule has 0 saturated heterocycles. The molecule has 6 nitrogen and oxygen atoms in total. The number of halogens is 1. The Morgan fingerprint density at radius 1 is 0.939 bits per heavy atom. The largest absolute Gasteiger partial charge is 0.461 e. The Labute approximate surface area is 191 Å². The standard InChI is InChI=1S/C26H25FN2O4/c27-20-10-14-22(15-11-20)33-25-23(7-4-16-28-25)24(30)29-21-12-8-19(9-13-21)26(31)32-17-18-5-2-1-3-6-18/h1-7,10-11,14-16,19,21H,8-9,12-13,17H2,(H,29,30)/t19-,21+. The number of benzene rings is 2. The van der Waals surface area contributed by atoms with Gasteiger partial charge in [0.05, 0.1) is 5.92 Å². The summed E-state index contributed by atoms with van der Waals surface area (Å²) in [7, 11) is 0. The summed E-state index contributed by atoms with van der Waals surface area (Å²) in [4.78, 5) is 29.4. The van der Waals surface area contributed by atoms with Crippen LogP contribution in [0.15, 0.2) is 72.9 Å². The van der Waals surface area contributed by atoms with E-state index in [0.717, 1.165) is 5.56 Å². The number of hydrogen-bond donors (Lipinski definition) is 1. The van der Waals surface area contributed by atoms with Crippen LogP contribution in [0, 0.1) is 11.7 Å². The highest BCUT2D eigenvalue weighted by molar-refractivity contribution is 5.96. The molecule has 1 aliphatic rings. The SMILES string of the molecule is O=C(N[C@H]1CC[C@@H](C(=O)OCc2ccccc2)CC1)c1cccnc1Oc1ccc(F)cc1. The Balaban J connectivity index is 1.29. The van der Waals surface area contributed by atoms with Gasteiger partial charge in [0, 0.05) is 12.2 Å². The molecule has 0 radical (unpaired) electrons. The van der Waals surface area contributed by atoms with Crippen molar-refractivity contribution in [3.8, 4) is 11.6 Å². The van der Waals surface area contributed by atoms with Gasteiger partial charge in [-0.2, -0.15) is 0 Å². The zero-order valence-corrected chi connectivity index (χ0v) is 18.1. The van der Waals surface area contributed by atoms with Gasteiger partial charge in [0.25, 0.3) is 5.91 Å². The molecule has 1 N–H and O–H groups in total. The zero-order valence-electron chi connectivity index (χ0n) is 18.1. The van der Waals surface area contributed by atoms with Crippen molar-refractivity contribution in [3.63, 3.8) is 0 Å². The Morgan fingerprint density at radius 2 is 1.67 bits per heavy atom. The zero-order chi connectivity index (χ0) is 23.0. The maximum atomic E-state index is 13.1. The Kier molecular flexibility index (Phi) is 7.29. The van der Waals surface area contributed by atoms with Crippen LogP contribution in [0.4, 0.5) is 4.39 Å². The molecule has 1 heterocycles. The molecule has 0 atom stereocenters. The Bertz CT molecular complexity index is 1080. The van der Waals surface area contributed by atoms with Crippen molar-refractivity contribution < 1.29 is 23.5 Å². The van der Waals surface area contributed by atoms with Crippen LogP contribution in [0.1, 0.15) is 41.6 Å². The molecule has 0 aliphatic heterocycles. The third kappa shape index (κ3) is 6.16. The number of pyridine rings is 1. The normalized spacial score (nSPS) is 17.7. The van der Waals surface area contributed by atoms with Crippen molar-refractivity contribution in [2.75, 3.05) is 0 Å². The van der Waals surface area contributed by atoms with Gasteiger partial charge in [0.15, 0.2) is 0 Å². The number of carbonyl (C=O) groups is 2. The lowest BCUT2D eigenvalue weighted by Gasteiger charge is -2.28. The minimum Gasteiger partial charge on any atom is -0.461 e. The molecule has 1 amide bonds. The van der Waals surface area contributed by atoms with Crippen LogP contribution in [-0.2, 0) is 16.1 Å². The van der Waals surface area contributed by atoms with Crippen LogP contribution in [0.25, 0.3) is 0 Å². The van der Waals surface area contributed by atoms with E-state index in [1.165, 1.54) is 30.5 Å². The molecular weight excluding hydrogens is 423 g/mol. The van der Waals surface area contributed by atoms with E-state index in [1.807, 2.05) is 30.3 Å². The molecule has 0 unspecified atom stereocenters. The molecule has 170 valence electrons. The first-order valence-electron chi connectivity index (χ1n) is 11.0. The van der Waals surface area contributed by atoms with Crippen LogP contribution in [0.5, 0.6) is 11.6 Å². The van der Waals surface area contributed by atoms with Crippen LogP contribution in [-0.4, -0.2) is 22.9 Å². The van der Waals surface area contributed by atoms with Gasteiger partial charge in [-0.1, -0.05) is 30.3 Å². The number of carbonyl (C=O) groups excluding carboxylic acids is 2. The summed E-state index contributed by atoms with van der Waals surface area (Å²) in [6, 6.07) is 18.3. The summed E-state index contributed by atoms with van der Waals surface area (Å²) >= 11 is 0. The maximum absolute atomic E-state index is 13.1. The average molecular weight is 448 g/mol. The monoisotopic (exact) mass is 448 g/mol. The second kappa shape index (κ2) is 10.7. The van der Waals surface area contributed by atoms with Crippen molar-refractivity contribution in [2.45, 2.75) is 38.3 Å².